The van der Waals surface area contributed by atoms with Gasteiger partial charge in [-0.1, -0.05) is 6.92 Å². The van der Waals surface area contributed by atoms with Crippen molar-refractivity contribution in [2.45, 2.75) is 25.7 Å². The first kappa shape index (κ1) is 20.6. The van der Waals surface area contributed by atoms with E-state index >= 15 is 0 Å². The van der Waals surface area contributed by atoms with E-state index in [1.165, 1.54) is 24.3 Å². The van der Waals surface area contributed by atoms with Crippen LogP contribution in [0.15, 0.2) is 42.5 Å². The molecule has 0 aliphatic carbocycles. The van der Waals surface area contributed by atoms with Crippen LogP contribution in [0.5, 0.6) is 5.75 Å². The average molecular weight is 391 g/mol. The number of alkyl halides is 6. The fraction of sp³-hybridized carbons (Fsp3) is 0.278. The zero-order valence-electron chi connectivity index (χ0n) is 14.0. The van der Waals surface area contributed by atoms with Crippen LogP contribution in [0.4, 0.5) is 32.0 Å². The lowest BCUT2D eigenvalue weighted by Gasteiger charge is -2.14. The summed E-state index contributed by atoms with van der Waals surface area (Å²) >= 11 is 0. The van der Waals surface area contributed by atoms with Gasteiger partial charge in [0, 0.05) is 11.3 Å². The number of benzene rings is 2. The summed E-state index contributed by atoms with van der Waals surface area (Å²) in [6, 6.07) is 6.64. The molecule has 0 radical (unpaired) electrons. The first-order valence-corrected chi connectivity index (χ1v) is 7.84. The quantitative estimate of drug-likeness (QED) is 0.658. The van der Waals surface area contributed by atoms with Gasteiger partial charge in [0.1, 0.15) is 5.75 Å². The molecular formula is C18H15F6NO2. The second-order valence-electron chi connectivity index (χ2n) is 5.62. The van der Waals surface area contributed by atoms with E-state index in [0.717, 1.165) is 6.42 Å². The highest BCUT2D eigenvalue weighted by Crippen LogP contribution is 2.36. The van der Waals surface area contributed by atoms with Gasteiger partial charge in [-0.15, -0.1) is 0 Å². The molecule has 0 aromatic heterocycles. The number of anilines is 1. The van der Waals surface area contributed by atoms with E-state index in [4.69, 9.17) is 4.74 Å². The second-order valence-corrected chi connectivity index (χ2v) is 5.62. The maximum atomic E-state index is 12.9. The summed E-state index contributed by atoms with van der Waals surface area (Å²) in [5.74, 6) is -0.567. The predicted molar refractivity (Wildman–Crippen MR) is 86.6 cm³/mol. The Labute approximate surface area is 150 Å². The summed E-state index contributed by atoms with van der Waals surface area (Å²) in [5.41, 5.74) is -3.64. The lowest BCUT2D eigenvalue weighted by molar-refractivity contribution is -0.143. The Morgan fingerprint density at radius 3 is 1.89 bits per heavy atom. The summed E-state index contributed by atoms with van der Waals surface area (Å²) in [7, 11) is 0. The molecule has 1 N–H and O–H groups in total. The van der Waals surface area contributed by atoms with Gasteiger partial charge in [0.05, 0.1) is 17.7 Å². The highest BCUT2D eigenvalue weighted by atomic mass is 19.4. The number of hydrogen-bond acceptors (Lipinski definition) is 2. The molecule has 0 spiro atoms. The number of amides is 1. The summed E-state index contributed by atoms with van der Waals surface area (Å²) in [5, 5.41) is 2.27. The molecule has 0 aliphatic heterocycles. The number of halogens is 6. The van der Waals surface area contributed by atoms with Crippen molar-refractivity contribution >= 4 is 11.6 Å². The Morgan fingerprint density at radius 2 is 1.44 bits per heavy atom. The maximum Gasteiger partial charge on any atom is 0.416 e. The monoisotopic (exact) mass is 391 g/mol. The van der Waals surface area contributed by atoms with Crippen LogP contribution in [-0.2, 0) is 12.4 Å². The molecule has 3 nitrogen and oxygen atoms in total. The van der Waals surface area contributed by atoms with Crippen molar-refractivity contribution in [3.8, 4) is 5.75 Å². The van der Waals surface area contributed by atoms with Crippen molar-refractivity contribution in [3.05, 3.63) is 59.2 Å². The molecule has 0 unspecified atom stereocenters. The van der Waals surface area contributed by atoms with E-state index in [0.29, 0.717) is 24.5 Å². The van der Waals surface area contributed by atoms with E-state index < -0.39 is 35.0 Å². The molecule has 0 aliphatic rings. The normalized spacial score (nSPS) is 12.0. The van der Waals surface area contributed by atoms with E-state index in [9.17, 15) is 31.1 Å². The topological polar surface area (TPSA) is 38.3 Å². The minimum Gasteiger partial charge on any atom is -0.494 e. The smallest absolute Gasteiger partial charge is 0.416 e. The van der Waals surface area contributed by atoms with Crippen molar-refractivity contribution in [1.82, 2.24) is 0 Å². The van der Waals surface area contributed by atoms with Crippen LogP contribution in [-0.4, -0.2) is 12.5 Å². The molecule has 27 heavy (non-hydrogen) atoms. The van der Waals surface area contributed by atoms with Gasteiger partial charge in [-0.3, -0.25) is 4.79 Å². The van der Waals surface area contributed by atoms with Crippen LogP contribution in [0, 0.1) is 0 Å². The third kappa shape index (κ3) is 5.63. The number of rotatable bonds is 5. The molecule has 1 amide bonds. The summed E-state index contributed by atoms with van der Waals surface area (Å²) in [6.45, 7) is 2.40. The fourth-order valence-corrected chi connectivity index (χ4v) is 2.14. The van der Waals surface area contributed by atoms with Gasteiger partial charge < -0.3 is 10.1 Å². The minimum atomic E-state index is -5.02. The number of hydrogen-bond donors (Lipinski definition) is 1. The molecule has 0 heterocycles. The highest BCUT2D eigenvalue weighted by molar-refractivity contribution is 6.04. The number of carbonyl (C=O) groups is 1. The lowest BCUT2D eigenvalue weighted by atomic mass is 10.0. The van der Waals surface area contributed by atoms with Crippen LogP contribution in [0.1, 0.15) is 34.8 Å². The summed E-state index contributed by atoms with van der Waals surface area (Å²) < 4.78 is 82.5. The van der Waals surface area contributed by atoms with Crippen LogP contribution in [0.2, 0.25) is 0 Å². The van der Waals surface area contributed by atoms with Crippen molar-refractivity contribution in [1.29, 1.82) is 0 Å². The Balaban J connectivity index is 2.27. The Morgan fingerprint density at radius 1 is 0.926 bits per heavy atom. The van der Waals surface area contributed by atoms with E-state index in [2.05, 4.69) is 5.32 Å². The van der Waals surface area contributed by atoms with Crippen molar-refractivity contribution in [2.24, 2.45) is 0 Å². The van der Waals surface area contributed by atoms with E-state index in [1.54, 1.807) is 0 Å². The molecule has 2 aromatic rings. The van der Waals surface area contributed by atoms with Gasteiger partial charge in [-0.2, -0.15) is 26.3 Å². The Bertz CT molecular complexity index is 765. The van der Waals surface area contributed by atoms with Crippen LogP contribution < -0.4 is 10.1 Å². The third-order valence-corrected chi connectivity index (χ3v) is 3.43. The van der Waals surface area contributed by atoms with Gasteiger partial charge >= 0.3 is 12.4 Å². The highest BCUT2D eigenvalue weighted by Gasteiger charge is 2.37. The fourth-order valence-electron chi connectivity index (χ4n) is 2.14. The average Bonchev–Trinajstić information content (AvgIpc) is 2.59. The van der Waals surface area contributed by atoms with Crippen LogP contribution >= 0.6 is 0 Å². The molecule has 0 saturated carbocycles. The van der Waals surface area contributed by atoms with Crippen molar-refractivity contribution in [2.75, 3.05) is 11.9 Å². The Kier molecular flexibility index (Phi) is 6.02. The molecule has 2 aromatic carbocycles. The molecule has 146 valence electrons. The molecule has 0 bridgehead atoms. The van der Waals surface area contributed by atoms with Gasteiger partial charge in [0.25, 0.3) is 5.91 Å². The van der Waals surface area contributed by atoms with Gasteiger partial charge in [-0.05, 0) is 48.9 Å². The van der Waals surface area contributed by atoms with E-state index in [1.807, 2.05) is 6.92 Å². The number of ether oxygens (including phenoxy) is 1. The molecule has 9 heteroatoms. The summed E-state index contributed by atoms with van der Waals surface area (Å²) in [6.07, 6.45) is -9.25. The number of nitrogens with one attached hydrogen (secondary N) is 1. The molecule has 0 saturated heterocycles. The number of carbonyl (C=O) groups excluding carboxylic acids is 1. The second kappa shape index (κ2) is 7.89. The first-order chi connectivity index (χ1) is 12.5. The lowest BCUT2D eigenvalue weighted by Crippen LogP contribution is -2.17. The minimum absolute atomic E-state index is 0.0311. The zero-order valence-corrected chi connectivity index (χ0v) is 14.0. The van der Waals surface area contributed by atoms with Crippen LogP contribution in [0.3, 0.4) is 0 Å². The van der Waals surface area contributed by atoms with Gasteiger partial charge in [-0.25, -0.2) is 0 Å². The van der Waals surface area contributed by atoms with Crippen LogP contribution in [0.25, 0.3) is 0 Å². The van der Waals surface area contributed by atoms with Gasteiger partial charge in [0.15, 0.2) is 0 Å². The Hall–Kier alpha value is -2.71. The maximum absolute atomic E-state index is 12.9. The first-order valence-electron chi connectivity index (χ1n) is 7.84. The molecule has 0 atom stereocenters. The predicted octanol–water partition coefficient (Wildman–Crippen LogP) is 5.77. The van der Waals surface area contributed by atoms with Crippen molar-refractivity contribution in [3.63, 3.8) is 0 Å². The van der Waals surface area contributed by atoms with Gasteiger partial charge in [0.2, 0.25) is 0 Å². The molecule has 2 rings (SSSR count). The SMILES string of the molecule is CCCOc1ccc(NC(=O)c2cc(C(F)(F)F)cc(C(F)(F)F)c2)cc1. The largest absolute Gasteiger partial charge is 0.494 e. The molecular weight excluding hydrogens is 376 g/mol. The van der Waals surface area contributed by atoms with E-state index in [-0.39, 0.29) is 11.8 Å². The van der Waals surface area contributed by atoms with Crippen molar-refractivity contribution < 1.29 is 35.9 Å². The standard InChI is InChI=1S/C18H15F6NO2/c1-2-7-27-15-5-3-14(4-6-15)25-16(26)11-8-12(17(19,20)21)10-13(9-11)18(22,23)24/h3-6,8-10H,2,7H2,1H3,(H,25,26). The molecule has 0 fully saturated rings. The summed E-state index contributed by atoms with van der Waals surface area (Å²) in [4.78, 5) is 12.2. The third-order valence-electron chi connectivity index (χ3n) is 3.43. The zero-order chi connectivity index (χ0) is 20.2.